The van der Waals surface area contributed by atoms with E-state index < -0.39 is 0 Å². The van der Waals surface area contributed by atoms with E-state index in [1.807, 2.05) is 0 Å². The topological polar surface area (TPSA) is 48.8 Å². The molecule has 0 bridgehead atoms. The zero-order chi connectivity index (χ0) is 11.7. The number of rotatable bonds is 1. The summed E-state index contributed by atoms with van der Waals surface area (Å²) in [5.41, 5.74) is 8.24. The molecule has 17 heavy (non-hydrogen) atoms. The second kappa shape index (κ2) is 4.20. The molecule has 4 heteroatoms. The van der Waals surface area contributed by atoms with Crippen molar-refractivity contribution in [3.05, 3.63) is 34.9 Å². The second-order valence-electron chi connectivity index (χ2n) is 4.43. The predicted octanol–water partition coefficient (Wildman–Crippen LogP) is 1.19. The van der Waals surface area contributed by atoms with Crippen LogP contribution >= 0.6 is 0 Å². The smallest absolute Gasteiger partial charge is 0.212 e. The first-order chi connectivity index (χ1) is 8.34. The fraction of sp³-hybridized carbons (Fsp3) is 0.385. The normalized spacial score (nSPS) is 20.1. The van der Waals surface area contributed by atoms with Gasteiger partial charge in [0, 0.05) is 12.1 Å². The quantitative estimate of drug-likeness (QED) is 0.709. The lowest BCUT2D eigenvalue weighted by Gasteiger charge is -2.04. The van der Waals surface area contributed by atoms with E-state index >= 15 is 0 Å². The van der Waals surface area contributed by atoms with Crippen LogP contribution in [0.2, 0.25) is 0 Å². The van der Waals surface area contributed by atoms with E-state index in [0.717, 1.165) is 37.6 Å². The third kappa shape index (κ3) is 1.90. The minimum Gasteiger partial charge on any atom is -0.353 e. The second-order valence-corrected chi connectivity index (χ2v) is 4.43. The molecule has 0 radical (unpaired) electrons. The number of hydrogen-bond acceptors (Lipinski definition) is 4. The van der Waals surface area contributed by atoms with Gasteiger partial charge in [-0.05, 0) is 30.9 Å². The van der Waals surface area contributed by atoms with Crippen LogP contribution in [0.1, 0.15) is 23.1 Å². The maximum atomic E-state index is 4.46. The van der Waals surface area contributed by atoms with Crippen LogP contribution in [0, 0.1) is 6.92 Å². The number of aryl methyl sites for hydroxylation is 1. The molecule has 0 unspecified atom stereocenters. The lowest BCUT2D eigenvalue weighted by Crippen LogP contribution is -2.30. The van der Waals surface area contributed by atoms with Gasteiger partial charge >= 0.3 is 0 Å². The fourth-order valence-corrected chi connectivity index (χ4v) is 2.39. The van der Waals surface area contributed by atoms with Gasteiger partial charge in [0.05, 0.1) is 12.3 Å². The van der Waals surface area contributed by atoms with Gasteiger partial charge in [0.15, 0.2) is 0 Å². The maximum Gasteiger partial charge on any atom is 0.212 e. The molecular formula is C13H16N4. The summed E-state index contributed by atoms with van der Waals surface area (Å²) in [6.07, 6.45) is 2.11. The molecule has 0 aromatic heterocycles. The zero-order valence-electron chi connectivity index (χ0n) is 9.95. The van der Waals surface area contributed by atoms with E-state index in [0.29, 0.717) is 0 Å². The molecule has 1 aromatic rings. The molecule has 0 amide bonds. The van der Waals surface area contributed by atoms with Crippen LogP contribution in [-0.2, 0) is 6.42 Å². The van der Waals surface area contributed by atoms with Gasteiger partial charge in [-0.1, -0.05) is 18.2 Å². The summed E-state index contributed by atoms with van der Waals surface area (Å²) in [7, 11) is 0. The van der Waals surface area contributed by atoms with E-state index in [1.165, 1.54) is 16.7 Å². The molecule has 1 aliphatic carbocycles. The summed E-state index contributed by atoms with van der Waals surface area (Å²) in [6, 6.07) is 6.41. The molecule has 0 atom stereocenters. The Morgan fingerprint density at radius 2 is 2.29 bits per heavy atom. The molecule has 2 N–H and O–H groups in total. The Bertz CT molecular complexity index is 502. The zero-order valence-corrected chi connectivity index (χ0v) is 9.95. The highest BCUT2D eigenvalue weighted by atomic mass is 15.4. The third-order valence-electron chi connectivity index (χ3n) is 3.30. The number of hydrazone groups is 1. The van der Waals surface area contributed by atoms with Crippen molar-refractivity contribution in [1.82, 2.24) is 10.7 Å². The fourth-order valence-electron chi connectivity index (χ4n) is 2.39. The average Bonchev–Trinajstić information content (AvgIpc) is 2.95. The van der Waals surface area contributed by atoms with Crippen molar-refractivity contribution in [3.8, 4) is 0 Å². The molecule has 1 aliphatic heterocycles. The molecule has 1 aromatic carbocycles. The Morgan fingerprint density at radius 3 is 3.12 bits per heavy atom. The molecule has 2 aliphatic rings. The van der Waals surface area contributed by atoms with E-state index in [-0.39, 0.29) is 0 Å². The summed E-state index contributed by atoms with van der Waals surface area (Å²) in [4.78, 5) is 4.26. The van der Waals surface area contributed by atoms with E-state index in [9.17, 15) is 0 Å². The number of hydrogen-bond donors (Lipinski definition) is 2. The van der Waals surface area contributed by atoms with Gasteiger partial charge in [0.2, 0.25) is 5.96 Å². The van der Waals surface area contributed by atoms with Crippen LogP contribution in [0.3, 0.4) is 0 Å². The van der Waals surface area contributed by atoms with E-state index in [4.69, 9.17) is 0 Å². The van der Waals surface area contributed by atoms with Gasteiger partial charge < -0.3 is 5.32 Å². The molecule has 0 saturated carbocycles. The first kappa shape index (κ1) is 10.3. The van der Waals surface area contributed by atoms with Crippen molar-refractivity contribution in [3.63, 3.8) is 0 Å². The van der Waals surface area contributed by atoms with Gasteiger partial charge in [0.1, 0.15) is 0 Å². The summed E-state index contributed by atoms with van der Waals surface area (Å²) in [5, 5.41) is 7.61. The highest BCUT2D eigenvalue weighted by molar-refractivity contribution is 6.05. The summed E-state index contributed by atoms with van der Waals surface area (Å²) in [5.74, 6) is 0.790. The molecule has 0 spiro atoms. The first-order valence-corrected chi connectivity index (χ1v) is 6.04. The highest BCUT2D eigenvalue weighted by Crippen LogP contribution is 2.25. The SMILES string of the molecule is Cc1cccc2c1CCC2=NNC1=NCCN1. The monoisotopic (exact) mass is 228 g/mol. The standard InChI is InChI=1S/C13H16N4/c1-9-3-2-4-11-10(9)5-6-12(11)16-17-13-14-7-8-15-13/h2-4H,5-8H2,1H3,(H2,14,15,17). The lowest BCUT2D eigenvalue weighted by atomic mass is 10.0. The minimum atomic E-state index is 0.790. The lowest BCUT2D eigenvalue weighted by molar-refractivity contribution is 0.913. The van der Waals surface area contributed by atoms with Crippen LogP contribution in [0.5, 0.6) is 0 Å². The summed E-state index contributed by atoms with van der Waals surface area (Å²) in [6.45, 7) is 3.91. The van der Waals surface area contributed by atoms with Crippen molar-refractivity contribution in [2.24, 2.45) is 10.1 Å². The maximum absolute atomic E-state index is 4.46. The molecule has 1 heterocycles. The molecule has 0 saturated heterocycles. The molecule has 3 rings (SSSR count). The van der Waals surface area contributed by atoms with Gasteiger partial charge in [-0.2, -0.15) is 5.10 Å². The largest absolute Gasteiger partial charge is 0.353 e. The van der Waals surface area contributed by atoms with Crippen molar-refractivity contribution in [2.75, 3.05) is 13.1 Å². The number of fused-ring (bicyclic) bond motifs is 1. The van der Waals surface area contributed by atoms with Gasteiger partial charge in [-0.25, -0.2) is 10.4 Å². The van der Waals surface area contributed by atoms with Crippen molar-refractivity contribution < 1.29 is 0 Å². The predicted molar refractivity (Wildman–Crippen MR) is 69.5 cm³/mol. The third-order valence-corrected chi connectivity index (χ3v) is 3.30. The van der Waals surface area contributed by atoms with Crippen LogP contribution in [-0.4, -0.2) is 24.8 Å². The Morgan fingerprint density at radius 1 is 1.35 bits per heavy atom. The Hall–Kier alpha value is -1.84. The van der Waals surface area contributed by atoms with E-state index in [1.54, 1.807) is 0 Å². The van der Waals surface area contributed by atoms with E-state index in [2.05, 4.69) is 46.0 Å². The number of nitrogens with zero attached hydrogens (tertiary/aromatic N) is 2. The Balaban J connectivity index is 1.83. The van der Waals surface area contributed by atoms with Gasteiger partial charge in [0.25, 0.3) is 0 Å². The first-order valence-electron chi connectivity index (χ1n) is 6.04. The van der Waals surface area contributed by atoms with Gasteiger partial charge in [-0.3, -0.25) is 0 Å². The number of aliphatic imine (C=N–C) groups is 1. The van der Waals surface area contributed by atoms with Crippen LogP contribution in [0.15, 0.2) is 28.3 Å². The molecule has 0 fully saturated rings. The molecular weight excluding hydrogens is 212 g/mol. The van der Waals surface area contributed by atoms with Crippen LogP contribution in [0.25, 0.3) is 0 Å². The summed E-state index contributed by atoms with van der Waals surface area (Å²) < 4.78 is 0. The minimum absolute atomic E-state index is 0.790. The van der Waals surface area contributed by atoms with Crippen LogP contribution in [0.4, 0.5) is 0 Å². The highest BCUT2D eigenvalue weighted by Gasteiger charge is 2.19. The Labute approximate surface area is 101 Å². The summed E-state index contributed by atoms with van der Waals surface area (Å²) >= 11 is 0. The molecule has 4 nitrogen and oxygen atoms in total. The van der Waals surface area contributed by atoms with Crippen molar-refractivity contribution in [1.29, 1.82) is 0 Å². The van der Waals surface area contributed by atoms with Crippen molar-refractivity contribution >= 4 is 11.7 Å². The number of guanidine groups is 1. The number of benzene rings is 1. The molecule has 88 valence electrons. The van der Waals surface area contributed by atoms with Crippen LogP contribution < -0.4 is 10.7 Å². The van der Waals surface area contributed by atoms with Gasteiger partial charge in [-0.15, -0.1) is 0 Å². The Kier molecular flexibility index (Phi) is 2.55. The average molecular weight is 228 g/mol. The van der Waals surface area contributed by atoms with Crippen molar-refractivity contribution in [2.45, 2.75) is 19.8 Å². The number of nitrogens with one attached hydrogen (secondary N) is 2.